The van der Waals surface area contributed by atoms with Crippen molar-refractivity contribution in [1.82, 2.24) is 15.5 Å². The molecule has 1 heterocycles. The lowest BCUT2D eigenvalue weighted by molar-refractivity contribution is -0.146. The molecule has 2 aromatic rings. The van der Waals surface area contributed by atoms with E-state index >= 15 is 0 Å². The Morgan fingerprint density at radius 1 is 1.28 bits per heavy atom. The summed E-state index contributed by atoms with van der Waals surface area (Å²) in [5.41, 5.74) is 0.864. The van der Waals surface area contributed by atoms with Gasteiger partial charge in [0.25, 0.3) is 0 Å². The van der Waals surface area contributed by atoms with E-state index in [1.54, 1.807) is 0 Å². The summed E-state index contributed by atoms with van der Waals surface area (Å²) in [4.78, 5) is 12.0. The van der Waals surface area contributed by atoms with Crippen molar-refractivity contribution in [3.8, 4) is 11.5 Å². The van der Waals surface area contributed by atoms with E-state index in [1.807, 2.05) is 24.3 Å². The molecular formula is C18H22BrN3O3. The number of aromatic nitrogens is 2. The Morgan fingerprint density at radius 3 is 2.88 bits per heavy atom. The van der Waals surface area contributed by atoms with E-state index in [0.29, 0.717) is 18.3 Å². The highest BCUT2D eigenvalue weighted by Crippen LogP contribution is 2.27. The molecule has 1 aromatic heterocycles. The zero-order chi connectivity index (χ0) is 17.6. The summed E-state index contributed by atoms with van der Waals surface area (Å²) in [7, 11) is 1.45. The summed E-state index contributed by atoms with van der Waals surface area (Å²) >= 11 is 3.49. The van der Waals surface area contributed by atoms with E-state index in [1.165, 1.54) is 7.11 Å². The summed E-state index contributed by atoms with van der Waals surface area (Å²) < 4.78 is 11.6. The van der Waals surface area contributed by atoms with Crippen molar-refractivity contribution in [3.63, 3.8) is 0 Å². The molecule has 1 saturated carbocycles. The minimum Gasteiger partial charge on any atom is -0.469 e. The second-order valence-corrected chi connectivity index (χ2v) is 7.09. The van der Waals surface area contributed by atoms with E-state index in [4.69, 9.17) is 9.15 Å². The minimum atomic E-state index is -0.140. The number of halogens is 1. The molecular weight excluding hydrogens is 386 g/mol. The highest BCUT2D eigenvalue weighted by molar-refractivity contribution is 9.10. The fraction of sp³-hybridized carbons (Fsp3) is 0.500. The first-order valence-corrected chi connectivity index (χ1v) is 9.37. The van der Waals surface area contributed by atoms with Crippen molar-refractivity contribution in [3.05, 3.63) is 34.6 Å². The Kier molecular flexibility index (Phi) is 6.20. The van der Waals surface area contributed by atoms with E-state index in [2.05, 4.69) is 31.4 Å². The molecule has 0 bridgehead atoms. The SMILES string of the molecule is COC(=O)C1CCCCCC1NCc1nnc(-c2ccccc2Br)o1. The summed E-state index contributed by atoms with van der Waals surface area (Å²) in [6.07, 6.45) is 5.13. The predicted molar refractivity (Wildman–Crippen MR) is 96.7 cm³/mol. The first-order chi connectivity index (χ1) is 12.2. The molecule has 1 aliphatic carbocycles. The second kappa shape index (κ2) is 8.58. The Balaban J connectivity index is 1.66. The standard InChI is InChI=1S/C18H22BrN3O3/c1-24-18(23)13-8-3-2-4-10-15(13)20-11-16-21-22-17(25-16)12-7-5-6-9-14(12)19/h5-7,9,13,15,20H,2-4,8,10-11H2,1H3. The highest BCUT2D eigenvalue weighted by Gasteiger charge is 2.30. The van der Waals surface area contributed by atoms with Crippen LogP contribution in [-0.4, -0.2) is 29.3 Å². The topological polar surface area (TPSA) is 77.2 Å². The lowest BCUT2D eigenvalue weighted by Gasteiger charge is -2.23. The maximum absolute atomic E-state index is 12.0. The monoisotopic (exact) mass is 407 g/mol. The average Bonchev–Trinajstić information content (AvgIpc) is 2.97. The van der Waals surface area contributed by atoms with Gasteiger partial charge in [-0.15, -0.1) is 10.2 Å². The van der Waals surface area contributed by atoms with E-state index < -0.39 is 0 Å². The predicted octanol–water partition coefficient (Wildman–Crippen LogP) is 3.71. The van der Waals surface area contributed by atoms with Crippen LogP contribution in [0.25, 0.3) is 11.5 Å². The number of ether oxygens (including phenoxy) is 1. The number of esters is 1. The average molecular weight is 408 g/mol. The fourth-order valence-corrected chi connectivity index (χ4v) is 3.73. The number of nitrogens with one attached hydrogen (secondary N) is 1. The van der Waals surface area contributed by atoms with Crippen LogP contribution in [0, 0.1) is 5.92 Å². The van der Waals surface area contributed by atoms with Crippen molar-refractivity contribution in [1.29, 1.82) is 0 Å². The van der Waals surface area contributed by atoms with Gasteiger partial charge >= 0.3 is 5.97 Å². The minimum absolute atomic E-state index is 0.0776. The van der Waals surface area contributed by atoms with Crippen LogP contribution in [0.5, 0.6) is 0 Å². The molecule has 25 heavy (non-hydrogen) atoms. The Bertz CT molecular complexity index is 719. The molecule has 3 rings (SSSR count). The molecule has 1 fully saturated rings. The fourth-order valence-electron chi connectivity index (χ4n) is 3.27. The smallest absolute Gasteiger partial charge is 0.310 e. The maximum Gasteiger partial charge on any atom is 0.310 e. The number of benzene rings is 1. The number of nitrogens with zero attached hydrogens (tertiary/aromatic N) is 2. The van der Waals surface area contributed by atoms with Crippen LogP contribution in [0.2, 0.25) is 0 Å². The van der Waals surface area contributed by atoms with Gasteiger partial charge in [0, 0.05) is 10.5 Å². The van der Waals surface area contributed by atoms with E-state index in [9.17, 15) is 4.79 Å². The van der Waals surface area contributed by atoms with Gasteiger partial charge in [0.05, 0.1) is 25.1 Å². The van der Waals surface area contributed by atoms with Crippen LogP contribution in [0.1, 0.15) is 38.0 Å². The van der Waals surface area contributed by atoms with Crippen molar-refractivity contribution in [2.45, 2.75) is 44.7 Å². The Labute approximate surface area is 155 Å². The summed E-state index contributed by atoms with van der Waals surface area (Å²) in [6.45, 7) is 0.440. The Morgan fingerprint density at radius 2 is 2.08 bits per heavy atom. The zero-order valence-electron chi connectivity index (χ0n) is 14.2. The third-order valence-electron chi connectivity index (χ3n) is 4.61. The van der Waals surface area contributed by atoms with Gasteiger partial charge in [-0.2, -0.15) is 0 Å². The van der Waals surface area contributed by atoms with Crippen molar-refractivity contribution in [2.75, 3.05) is 7.11 Å². The first-order valence-electron chi connectivity index (χ1n) is 8.57. The van der Waals surface area contributed by atoms with Gasteiger partial charge in [-0.25, -0.2) is 0 Å². The van der Waals surface area contributed by atoms with Crippen molar-refractivity contribution in [2.24, 2.45) is 5.92 Å². The van der Waals surface area contributed by atoms with Crippen LogP contribution >= 0.6 is 15.9 Å². The molecule has 7 heteroatoms. The molecule has 0 spiro atoms. The van der Waals surface area contributed by atoms with Gasteiger partial charge in [-0.05, 0) is 40.9 Å². The van der Waals surface area contributed by atoms with Crippen molar-refractivity contribution < 1.29 is 13.9 Å². The van der Waals surface area contributed by atoms with Gasteiger partial charge in [0.15, 0.2) is 0 Å². The normalized spacial score (nSPS) is 20.9. The van der Waals surface area contributed by atoms with Gasteiger partial charge < -0.3 is 14.5 Å². The van der Waals surface area contributed by atoms with E-state index in [-0.39, 0.29) is 17.9 Å². The van der Waals surface area contributed by atoms with Crippen molar-refractivity contribution >= 4 is 21.9 Å². The summed E-state index contributed by atoms with van der Waals surface area (Å²) in [5, 5.41) is 11.7. The third-order valence-corrected chi connectivity index (χ3v) is 5.30. The van der Waals surface area contributed by atoms with Gasteiger partial charge in [-0.1, -0.05) is 31.4 Å². The van der Waals surface area contributed by atoms with Crippen LogP contribution in [-0.2, 0) is 16.1 Å². The van der Waals surface area contributed by atoms with Crippen LogP contribution in [0.4, 0.5) is 0 Å². The number of hydrogen-bond donors (Lipinski definition) is 1. The van der Waals surface area contributed by atoms with Gasteiger partial charge in [-0.3, -0.25) is 4.79 Å². The van der Waals surface area contributed by atoms with Gasteiger partial charge in [0.2, 0.25) is 11.8 Å². The van der Waals surface area contributed by atoms with Crippen LogP contribution in [0.3, 0.4) is 0 Å². The highest BCUT2D eigenvalue weighted by atomic mass is 79.9. The molecule has 134 valence electrons. The molecule has 6 nitrogen and oxygen atoms in total. The molecule has 0 amide bonds. The molecule has 1 aromatic carbocycles. The number of carbonyl (C=O) groups excluding carboxylic acids is 1. The zero-order valence-corrected chi connectivity index (χ0v) is 15.8. The quantitative estimate of drug-likeness (QED) is 0.601. The summed E-state index contributed by atoms with van der Waals surface area (Å²) in [6, 6.07) is 7.80. The molecule has 0 aliphatic heterocycles. The lowest BCUT2D eigenvalue weighted by atomic mass is 9.95. The number of methoxy groups -OCH3 is 1. The maximum atomic E-state index is 12.0. The largest absolute Gasteiger partial charge is 0.469 e. The number of carbonyl (C=O) groups is 1. The molecule has 2 unspecified atom stereocenters. The molecule has 2 atom stereocenters. The number of hydrogen-bond acceptors (Lipinski definition) is 6. The number of rotatable bonds is 5. The van der Waals surface area contributed by atoms with Crippen LogP contribution < -0.4 is 5.32 Å². The summed E-state index contributed by atoms with van der Waals surface area (Å²) in [5.74, 6) is 0.741. The lowest BCUT2D eigenvalue weighted by Crippen LogP contribution is -2.39. The Hall–Kier alpha value is -1.73. The molecule has 0 radical (unpaired) electrons. The third kappa shape index (κ3) is 4.46. The molecule has 1 aliphatic rings. The second-order valence-electron chi connectivity index (χ2n) is 6.24. The molecule has 0 saturated heterocycles. The molecule has 1 N–H and O–H groups in total. The van der Waals surface area contributed by atoms with E-state index in [0.717, 1.165) is 42.1 Å². The van der Waals surface area contributed by atoms with Crippen LogP contribution in [0.15, 0.2) is 33.2 Å². The van der Waals surface area contributed by atoms with Gasteiger partial charge in [0.1, 0.15) is 0 Å². The first kappa shape index (κ1) is 18.1.